The Kier molecular flexibility index (Phi) is 5.13. The molecule has 5 aromatic rings. The van der Waals surface area contributed by atoms with Crippen molar-refractivity contribution in [3.05, 3.63) is 72.2 Å². The Labute approximate surface area is 192 Å². The maximum absolute atomic E-state index is 5.87. The number of aryl methyl sites for hydroxylation is 2. The zero-order valence-corrected chi connectivity index (χ0v) is 19.3. The third-order valence-electron chi connectivity index (χ3n) is 6.16. The van der Waals surface area contributed by atoms with Crippen LogP contribution in [-0.4, -0.2) is 31.2 Å². The summed E-state index contributed by atoms with van der Waals surface area (Å²) in [4.78, 5) is 11.3. The third-order valence-corrected chi connectivity index (χ3v) is 6.16. The molecule has 0 radical (unpaired) electrons. The zero-order valence-electron chi connectivity index (χ0n) is 19.3. The number of methoxy groups -OCH3 is 2. The largest absolute Gasteiger partial charge is 0.493 e. The van der Waals surface area contributed by atoms with Crippen LogP contribution in [0.15, 0.2) is 65.5 Å². The average molecular weight is 440 g/mol. The lowest BCUT2D eigenvalue weighted by molar-refractivity contribution is 0.356. The maximum Gasteiger partial charge on any atom is 0.229 e. The lowest BCUT2D eigenvalue weighted by Gasteiger charge is -2.18. The first-order valence-corrected chi connectivity index (χ1v) is 10.7. The van der Waals surface area contributed by atoms with E-state index in [0.29, 0.717) is 17.4 Å². The second kappa shape index (κ2) is 8.13. The monoisotopic (exact) mass is 439 g/mol. The number of hydrogen-bond acceptors (Lipinski definition) is 6. The van der Waals surface area contributed by atoms with Crippen molar-refractivity contribution in [2.75, 3.05) is 26.2 Å². The minimum atomic E-state index is 0.622. The number of aromatic nitrogens is 2. The van der Waals surface area contributed by atoms with E-state index in [4.69, 9.17) is 13.9 Å². The van der Waals surface area contributed by atoms with E-state index in [-0.39, 0.29) is 0 Å². The summed E-state index contributed by atoms with van der Waals surface area (Å²) >= 11 is 0. The molecule has 0 saturated carbocycles. The first kappa shape index (κ1) is 20.8. The van der Waals surface area contributed by atoms with Crippen LogP contribution in [0.5, 0.6) is 11.5 Å². The number of ether oxygens (including phenoxy) is 2. The van der Waals surface area contributed by atoms with Crippen molar-refractivity contribution in [3.63, 3.8) is 0 Å². The summed E-state index contributed by atoms with van der Waals surface area (Å²) in [5.41, 5.74) is 6.11. The van der Waals surface area contributed by atoms with Gasteiger partial charge in [-0.2, -0.15) is 0 Å². The van der Waals surface area contributed by atoms with Gasteiger partial charge in [0.2, 0.25) is 5.95 Å². The van der Waals surface area contributed by atoms with Gasteiger partial charge in [-0.3, -0.25) is 0 Å². The summed E-state index contributed by atoms with van der Waals surface area (Å²) in [5, 5.41) is 3.00. The highest BCUT2D eigenvalue weighted by Gasteiger charge is 2.17. The molecule has 0 bridgehead atoms. The Morgan fingerprint density at radius 1 is 0.818 bits per heavy atom. The van der Waals surface area contributed by atoms with E-state index in [2.05, 4.69) is 48.1 Å². The number of fused-ring (bicyclic) bond motifs is 2. The molecule has 6 nitrogen and oxygen atoms in total. The van der Waals surface area contributed by atoms with Gasteiger partial charge in [0.25, 0.3) is 0 Å². The molecule has 0 aliphatic heterocycles. The van der Waals surface area contributed by atoms with Crippen molar-refractivity contribution in [2.45, 2.75) is 13.8 Å². The van der Waals surface area contributed by atoms with E-state index < -0.39 is 0 Å². The van der Waals surface area contributed by atoms with Crippen LogP contribution in [0.4, 0.5) is 11.6 Å². The molecule has 0 amide bonds. The van der Waals surface area contributed by atoms with Crippen LogP contribution < -0.4 is 14.4 Å². The maximum atomic E-state index is 5.87. The molecule has 2 heterocycles. The lowest BCUT2D eigenvalue weighted by Crippen LogP contribution is -2.13. The number of anilines is 2. The topological polar surface area (TPSA) is 60.6 Å². The van der Waals surface area contributed by atoms with Gasteiger partial charge < -0.3 is 18.8 Å². The molecule has 0 unspecified atom stereocenters. The SMILES string of the molecule is COc1cc2cc3ccoc3c(-c3cnc(N(C)c4ccc(C)c(C)c4)nc3)c2cc1OC. The molecule has 0 N–H and O–H groups in total. The highest BCUT2D eigenvalue weighted by atomic mass is 16.5. The van der Waals surface area contributed by atoms with Gasteiger partial charge in [-0.1, -0.05) is 6.07 Å². The van der Waals surface area contributed by atoms with Gasteiger partial charge in [0.05, 0.1) is 20.5 Å². The summed E-state index contributed by atoms with van der Waals surface area (Å²) < 4.78 is 16.9. The Balaban J connectivity index is 1.63. The van der Waals surface area contributed by atoms with Gasteiger partial charge in [-0.25, -0.2) is 9.97 Å². The van der Waals surface area contributed by atoms with Crippen molar-refractivity contribution < 1.29 is 13.9 Å². The van der Waals surface area contributed by atoms with Crippen molar-refractivity contribution in [3.8, 4) is 22.6 Å². The molecule has 0 aliphatic carbocycles. The highest BCUT2D eigenvalue weighted by Crippen LogP contribution is 2.41. The molecule has 0 spiro atoms. The smallest absolute Gasteiger partial charge is 0.229 e. The Morgan fingerprint density at radius 2 is 1.55 bits per heavy atom. The minimum Gasteiger partial charge on any atom is -0.493 e. The second-order valence-corrected chi connectivity index (χ2v) is 8.12. The van der Waals surface area contributed by atoms with Crippen molar-refractivity contribution in [1.29, 1.82) is 0 Å². The molecular weight excluding hydrogens is 414 g/mol. The van der Waals surface area contributed by atoms with Crippen LogP contribution >= 0.6 is 0 Å². The average Bonchev–Trinajstić information content (AvgIpc) is 3.31. The van der Waals surface area contributed by atoms with Crippen molar-refractivity contribution in [1.82, 2.24) is 9.97 Å². The van der Waals surface area contributed by atoms with E-state index >= 15 is 0 Å². The normalized spacial score (nSPS) is 11.2. The molecule has 33 heavy (non-hydrogen) atoms. The number of nitrogens with zero attached hydrogens (tertiary/aromatic N) is 3. The second-order valence-electron chi connectivity index (χ2n) is 8.12. The summed E-state index contributed by atoms with van der Waals surface area (Å²) in [6.07, 6.45) is 5.38. The first-order chi connectivity index (χ1) is 16.0. The summed E-state index contributed by atoms with van der Waals surface area (Å²) in [7, 11) is 5.24. The van der Waals surface area contributed by atoms with Gasteiger partial charge in [0, 0.05) is 41.6 Å². The Morgan fingerprint density at radius 3 is 2.24 bits per heavy atom. The molecular formula is C27H25N3O3. The number of benzene rings is 3. The molecule has 2 aromatic heterocycles. The van der Waals surface area contributed by atoms with Gasteiger partial charge in [0.1, 0.15) is 5.58 Å². The predicted octanol–water partition coefficient (Wildman–Crippen LogP) is 6.44. The summed E-state index contributed by atoms with van der Waals surface area (Å²) in [5.74, 6) is 1.96. The quantitative estimate of drug-likeness (QED) is 0.314. The fraction of sp³-hybridized carbons (Fsp3) is 0.185. The van der Waals surface area contributed by atoms with E-state index in [1.54, 1.807) is 20.5 Å². The Bertz CT molecular complexity index is 1470. The van der Waals surface area contributed by atoms with Gasteiger partial charge >= 0.3 is 0 Å². The van der Waals surface area contributed by atoms with E-state index in [1.165, 1.54) is 11.1 Å². The van der Waals surface area contributed by atoms with Crippen LogP contribution in [0.2, 0.25) is 0 Å². The van der Waals surface area contributed by atoms with Gasteiger partial charge in [-0.15, -0.1) is 0 Å². The van der Waals surface area contributed by atoms with Gasteiger partial charge in [-0.05, 0) is 72.1 Å². The molecule has 6 heteroatoms. The molecule has 0 fully saturated rings. The summed E-state index contributed by atoms with van der Waals surface area (Å²) in [6, 6.07) is 14.3. The van der Waals surface area contributed by atoms with Crippen LogP contribution in [0.25, 0.3) is 32.9 Å². The highest BCUT2D eigenvalue weighted by molar-refractivity contribution is 6.11. The standard InChI is InChI=1S/C27H25N3O3/c1-16-6-7-21(10-17(16)2)30(3)27-28-14-20(15-29-27)25-22-13-24(32-5)23(31-4)12-19(22)11-18-8-9-33-26(18)25/h6-15H,1-5H3. The number of furan rings is 1. The van der Waals surface area contributed by atoms with Crippen LogP contribution in [0, 0.1) is 13.8 Å². The molecule has 0 aliphatic rings. The predicted molar refractivity (Wildman–Crippen MR) is 132 cm³/mol. The van der Waals surface area contributed by atoms with Crippen molar-refractivity contribution >= 4 is 33.4 Å². The van der Waals surface area contributed by atoms with Crippen LogP contribution in [0.1, 0.15) is 11.1 Å². The first-order valence-electron chi connectivity index (χ1n) is 10.7. The molecule has 166 valence electrons. The minimum absolute atomic E-state index is 0.622. The van der Waals surface area contributed by atoms with E-state index in [0.717, 1.165) is 38.6 Å². The fourth-order valence-electron chi connectivity index (χ4n) is 4.12. The van der Waals surface area contributed by atoms with Crippen molar-refractivity contribution in [2.24, 2.45) is 0 Å². The molecule has 0 atom stereocenters. The third kappa shape index (κ3) is 3.53. The molecule has 5 rings (SSSR count). The van der Waals surface area contributed by atoms with Crippen LogP contribution in [0.3, 0.4) is 0 Å². The Hall–Kier alpha value is -4.06. The lowest BCUT2D eigenvalue weighted by atomic mass is 9.97. The van der Waals surface area contributed by atoms with E-state index in [1.807, 2.05) is 42.5 Å². The zero-order chi connectivity index (χ0) is 23.1. The summed E-state index contributed by atoms with van der Waals surface area (Å²) in [6.45, 7) is 4.21. The van der Waals surface area contributed by atoms with Gasteiger partial charge in [0.15, 0.2) is 11.5 Å². The fourth-order valence-corrected chi connectivity index (χ4v) is 4.12. The number of hydrogen-bond donors (Lipinski definition) is 0. The van der Waals surface area contributed by atoms with Crippen LogP contribution in [-0.2, 0) is 0 Å². The molecule has 3 aromatic carbocycles. The van der Waals surface area contributed by atoms with E-state index in [9.17, 15) is 0 Å². The molecule has 0 saturated heterocycles. The number of rotatable bonds is 5.